The summed E-state index contributed by atoms with van der Waals surface area (Å²) < 4.78 is 27.0. The highest BCUT2D eigenvalue weighted by Crippen LogP contribution is 2.35. The van der Waals surface area contributed by atoms with E-state index >= 15 is 0 Å². The SMILES string of the molecule is CCNS(=O)(=O)c1ccccc1NC(CC)CC1CC1. The van der Waals surface area contributed by atoms with E-state index in [0.29, 0.717) is 23.2 Å². The molecule has 1 aliphatic carbocycles. The quantitative estimate of drug-likeness (QED) is 0.775. The molecule has 0 saturated heterocycles. The molecule has 0 heterocycles. The summed E-state index contributed by atoms with van der Waals surface area (Å²) in [5.74, 6) is 0.824. The van der Waals surface area contributed by atoms with Crippen LogP contribution in [0.25, 0.3) is 0 Å². The van der Waals surface area contributed by atoms with Crippen molar-refractivity contribution < 1.29 is 8.42 Å². The van der Waals surface area contributed by atoms with Gasteiger partial charge in [-0.3, -0.25) is 0 Å². The molecule has 0 radical (unpaired) electrons. The van der Waals surface area contributed by atoms with Gasteiger partial charge >= 0.3 is 0 Å². The highest BCUT2D eigenvalue weighted by molar-refractivity contribution is 7.89. The molecule has 112 valence electrons. The van der Waals surface area contributed by atoms with Crippen LogP contribution < -0.4 is 10.0 Å². The van der Waals surface area contributed by atoms with Gasteiger partial charge in [0, 0.05) is 12.6 Å². The van der Waals surface area contributed by atoms with Crippen LogP contribution in [-0.2, 0) is 10.0 Å². The zero-order chi connectivity index (χ0) is 14.6. The predicted molar refractivity (Wildman–Crippen MR) is 82.3 cm³/mol. The maximum Gasteiger partial charge on any atom is 0.242 e. The van der Waals surface area contributed by atoms with E-state index in [1.807, 2.05) is 12.1 Å². The van der Waals surface area contributed by atoms with Crippen LogP contribution in [0.15, 0.2) is 29.2 Å². The first-order valence-corrected chi connectivity index (χ1v) is 8.90. The number of sulfonamides is 1. The normalized spacial score (nSPS) is 16.9. The Bertz CT molecular complexity index is 539. The van der Waals surface area contributed by atoms with Crippen molar-refractivity contribution in [3.8, 4) is 0 Å². The van der Waals surface area contributed by atoms with E-state index in [0.717, 1.165) is 18.8 Å². The second kappa shape index (κ2) is 6.59. The fourth-order valence-electron chi connectivity index (χ4n) is 2.39. The van der Waals surface area contributed by atoms with Crippen molar-refractivity contribution in [1.82, 2.24) is 4.72 Å². The summed E-state index contributed by atoms with van der Waals surface area (Å²) in [6, 6.07) is 7.48. The molecule has 0 amide bonds. The fourth-order valence-corrected chi connectivity index (χ4v) is 3.60. The standard InChI is InChI=1S/C15H24N2O2S/c1-3-13(11-12-9-10-12)17-14-7-5-6-8-15(14)20(18,19)16-4-2/h5-8,12-13,16-17H,3-4,9-11H2,1-2H3. The summed E-state index contributed by atoms with van der Waals surface area (Å²) in [4.78, 5) is 0.344. The molecule has 2 rings (SSSR count). The number of anilines is 1. The van der Waals surface area contributed by atoms with E-state index in [1.54, 1.807) is 19.1 Å². The van der Waals surface area contributed by atoms with Gasteiger partial charge in [-0.05, 0) is 30.9 Å². The lowest BCUT2D eigenvalue weighted by Crippen LogP contribution is -2.26. The molecule has 1 aromatic rings. The van der Waals surface area contributed by atoms with Crippen LogP contribution in [0.4, 0.5) is 5.69 Å². The highest BCUT2D eigenvalue weighted by Gasteiger charge is 2.26. The summed E-state index contributed by atoms with van der Waals surface area (Å²) in [6.45, 7) is 4.33. The van der Waals surface area contributed by atoms with E-state index in [4.69, 9.17) is 0 Å². The van der Waals surface area contributed by atoms with Gasteiger partial charge in [-0.1, -0.05) is 38.8 Å². The zero-order valence-corrected chi connectivity index (χ0v) is 13.0. The molecule has 1 atom stereocenters. The summed E-state index contributed by atoms with van der Waals surface area (Å²) in [7, 11) is -3.42. The minimum absolute atomic E-state index is 0.344. The Balaban J connectivity index is 2.18. The number of benzene rings is 1. The maximum atomic E-state index is 12.2. The second-order valence-electron chi connectivity index (χ2n) is 5.43. The summed E-state index contributed by atoms with van der Waals surface area (Å²) in [5.41, 5.74) is 0.709. The van der Waals surface area contributed by atoms with Gasteiger partial charge in [0.2, 0.25) is 10.0 Å². The lowest BCUT2D eigenvalue weighted by atomic mass is 10.1. The summed E-state index contributed by atoms with van der Waals surface area (Å²) in [5, 5.41) is 3.41. The molecule has 0 bridgehead atoms. The van der Waals surface area contributed by atoms with Crippen molar-refractivity contribution in [2.24, 2.45) is 5.92 Å². The predicted octanol–water partition coefficient (Wildman–Crippen LogP) is 2.98. The monoisotopic (exact) mass is 296 g/mol. The van der Waals surface area contributed by atoms with E-state index in [1.165, 1.54) is 12.8 Å². The minimum atomic E-state index is -3.42. The molecule has 1 aliphatic rings. The van der Waals surface area contributed by atoms with Crippen LogP contribution in [0.5, 0.6) is 0 Å². The lowest BCUT2D eigenvalue weighted by Gasteiger charge is -2.20. The first-order chi connectivity index (χ1) is 9.56. The number of hydrogen-bond donors (Lipinski definition) is 2. The Labute approximate surface area is 122 Å². The Morgan fingerprint density at radius 1 is 1.25 bits per heavy atom. The average Bonchev–Trinajstić information content (AvgIpc) is 3.22. The first-order valence-electron chi connectivity index (χ1n) is 7.42. The van der Waals surface area contributed by atoms with Crippen LogP contribution in [0, 0.1) is 5.92 Å². The lowest BCUT2D eigenvalue weighted by molar-refractivity contribution is 0.578. The number of para-hydroxylation sites is 1. The van der Waals surface area contributed by atoms with Gasteiger partial charge in [0.1, 0.15) is 4.90 Å². The van der Waals surface area contributed by atoms with Crippen LogP contribution in [0.1, 0.15) is 39.5 Å². The van der Waals surface area contributed by atoms with Crippen molar-refractivity contribution in [3.63, 3.8) is 0 Å². The maximum absolute atomic E-state index is 12.2. The van der Waals surface area contributed by atoms with Gasteiger partial charge in [-0.2, -0.15) is 0 Å². The average molecular weight is 296 g/mol. The van der Waals surface area contributed by atoms with E-state index in [9.17, 15) is 8.42 Å². The van der Waals surface area contributed by atoms with E-state index in [2.05, 4.69) is 17.0 Å². The number of rotatable bonds is 8. The minimum Gasteiger partial charge on any atom is -0.381 e. The van der Waals surface area contributed by atoms with Crippen molar-refractivity contribution in [3.05, 3.63) is 24.3 Å². The number of nitrogens with one attached hydrogen (secondary N) is 2. The fraction of sp³-hybridized carbons (Fsp3) is 0.600. The first kappa shape index (κ1) is 15.3. The van der Waals surface area contributed by atoms with Gasteiger partial charge in [-0.15, -0.1) is 0 Å². The van der Waals surface area contributed by atoms with Crippen LogP contribution in [0.2, 0.25) is 0 Å². The van der Waals surface area contributed by atoms with Crippen LogP contribution >= 0.6 is 0 Å². The summed E-state index contributed by atoms with van der Waals surface area (Å²) in [6.07, 6.45) is 4.77. The molecule has 0 spiro atoms. The molecule has 1 fully saturated rings. The molecule has 20 heavy (non-hydrogen) atoms. The van der Waals surface area contributed by atoms with Crippen LogP contribution in [0.3, 0.4) is 0 Å². The Morgan fingerprint density at radius 2 is 1.95 bits per heavy atom. The molecule has 0 aliphatic heterocycles. The van der Waals surface area contributed by atoms with E-state index in [-0.39, 0.29) is 0 Å². The molecular weight excluding hydrogens is 272 g/mol. The molecule has 4 nitrogen and oxygen atoms in total. The summed E-state index contributed by atoms with van der Waals surface area (Å²) >= 11 is 0. The Kier molecular flexibility index (Phi) is 5.05. The van der Waals surface area contributed by atoms with Gasteiger partial charge in [-0.25, -0.2) is 13.1 Å². The van der Waals surface area contributed by atoms with E-state index < -0.39 is 10.0 Å². The largest absolute Gasteiger partial charge is 0.381 e. The second-order valence-corrected chi connectivity index (χ2v) is 7.16. The molecule has 1 aromatic carbocycles. The third-order valence-corrected chi connectivity index (χ3v) is 5.28. The van der Waals surface area contributed by atoms with Gasteiger partial charge in [0.05, 0.1) is 5.69 Å². The van der Waals surface area contributed by atoms with Crippen molar-refractivity contribution in [2.75, 3.05) is 11.9 Å². The highest BCUT2D eigenvalue weighted by atomic mass is 32.2. The number of hydrogen-bond acceptors (Lipinski definition) is 3. The Morgan fingerprint density at radius 3 is 2.55 bits per heavy atom. The molecule has 2 N–H and O–H groups in total. The zero-order valence-electron chi connectivity index (χ0n) is 12.2. The topological polar surface area (TPSA) is 58.2 Å². The van der Waals surface area contributed by atoms with Crippen LogP contribution in [-0.4, -0.2) is 21.0 Å². The van der Waals surface area contributed by atoms with Crippen molar-refractivity contribution in [1.29, 1.82) is 0 Å². The molecule has 1 saturated carbocycles. The Hall–Kier alpha value is -1.07. The smallest absolute Gasteiger partial charge is 0.242 e. The van der Waals surface area contributed by atoms with Gasteiger partial charge in [0.15, 0.2) is 0 Å². The third kappa shape index (κ3) is 3.96. The van der Waals surface area contributed by atoms with Crippen molar-refractivity contribution in [2.45, 2.75) is 50.5 Å². The molecule has 5 heteroatoms. The van der Waals surface area contributed by atoms with Crippen molar-refractivity contribution >= 4 is 15.7 Å². The van der Waals surface area contributed by atoms with Gasteiger partial charge < -0.3 is 5.32 Å². The molecule has 0 aromatic heterocycles. The molecular formula is C15H24N2O2S. The third-order valence-electron chi connectivity index (χ3n) is 3.68. The molecule has 1 unspecified atom stereocenters. The van der Waals surface area contributed by atoms with Gasteiger partial charge in [0.25, 0.3) is 0 Å².